The van der Waals surface area contributed by atoms with E-state index < -0.39 is 21.6 Å². The number of anilines is 3. The van der Waals surface area contributed by atoms with Crippen molar-refractivity contribution in [3.8, 4) is 0 Å². The molecule has 9 nitrogen and oxygen atoms in total. The van der Waals surface area contributed by atoms with Gasteiger partial charge in [-0.05, 0) is 62.1 Å². The molecule has 5 rings (SSSR count). The van der Waals surface area contributed by atoms with E-state index >= 15 is 0 Å². The number of halogens is 1. The minimum absolute atomic E-state index is 0.0599. The van der Waals surface area contributed by atoms with Crippen LogP contribution in [-0.4, -0.2) is 69.8 Å². The van der Waals surface area contributed by atoms with Gasteiger partial charge in [-0.25, -0.2) is 32.7 Å². The van der Waals surface area contributed by atoms with E-state index in [-0.39, 0.29) is 36.0 Å². The van der Waals surface area contributed by atoms with Crippen LogP contribution in [0.2, 0.25) is 0 Å². The summed E-state index contributed by atoms with van der Waals surface area (Å²) in [4.78, 5) is 20.6. The fourth-order valence-corrected chi connectivity index (χ4v) is 6.98. The Bertz CT molecular complexity index is 1480. The van der Waals surface area contributed by atoms with Gasteiger partial charge in [0.2, 0.25) is 0 Å². The number of nitrogens with one attached hydrogen (secondary N) is 1. The quantitative estimate of drug-likeness (QED) is 0.433. The van der Waals surface area contributed by atoms with E-state index in [1.807, 2.05) is 25.4 Å². The first-order valence-corrected chi connectivity index (χ1v) is 15.6. The van der Waals surface area contributed by atoms with Gasteiger partial charge in [-0.1, -0.05) is 13.8 Å². The first-order valence-electron chi connectivity index (χ1n) is 13.5. The summed E-state index contributed by atoms with van der Waals surface area (Å²) in [6, 6.07) is 3.81. The van der Waals surface area contributed by atoms with Crippen molar-refractivity contribution in [1.82, 2.24) is 19.9 Å². The number of pyridine rings is 2. The normalized spacial score (nSPS) is 27.5. The summed E-state index contributed by atoms with van der Waals surface area (Å²) in [6.07, 6.45) is 6.88. The maximum absolute atomic E-state index is 14.8. The molecule has 0 radical (unpaired) electrons. The minimum atomic E-state index is -3.05. The molecule has 1 aliphatic carbocycles. The summed E-state index contributed by atoms with van der Waals surface area (Å²) >= 11 is 0. The van der Waals surface area contributed by atoms with Crippen LogP contribution in [-0.2, 0) is 9.84 Å². The van der Waals surface area contributed by atoms with Crippen LogP contribution in [0.25, 0.3) is 10.8 Å². The molecule has 0 amide bonds. The first kappa shape index (κ1) is 27.6. The fourth-order valence-electron chi connectivity index (χ4n) is 5.82. The highest BCUT2D eigenvalue weighted by Crippen LogP contribution is 2.40. The summed E-state index contributed by atoms with van der Waals surface area (Å²) < 4.78 is 38.4. The smallest absolute Gasteiger partial charge is 0.147 e. The van der Waals surface area contributed by atoms with E-state index in [9.17, 15) is 17.9 Å². The van der Waals surface area contributed by atoms with Crippen molar-refractivity contribution >= 4 is 38.1 Å². The van der Waals surface area contributed by atoms with Crippen LogP contribution in [0, 0.1) is 5.92 Å². The Balaban J connectivity index is 1.41. The number of fused-ring (bicyclic) bond motifs is 1. The summed E-state index contributed by atoms with van der Waals surface area (Å²) in [5, 5.41) is 15.2. The van der Waals surface area contributed by atoms with E-state index in [4.69, 9.17) is 4.98 Å². The molecule has 0 bridgehead atoms. The molecule has 0 aromatic carbocycles. The van der Waals surface area contributed by atoms with Gasteiger partial charge < -0.3 is 15.3 Å². The summed E-state index contributed by atoms with van der Waals surface area (Å²) in [6.45, 7) is 8.35. The van der Waals surface area contributed by atoms with E-state index in [2.05, 4.69) is 39.0 Å². The van der Waals surface area contributed by atoms with E-state index in [1.54, 1.807) is 12.3 Å². The zero-order valence-corrected chi connectivity index (χ0v) is 23.9. The average Bonchev–Trinajstić information content (AvgIpc) is 2.86. The number of nitrogens with zero attached hydrogens (tertiary/aromatic N) is 5. The molecule has 1 saturated carbocycles. The lowest BCUT2D eigenvalue weighted by molar-refractivity contribution is -0.0343. The molecule has 4 heterocycles. The second-order valence-corrected chi connectivity index (χ2v) is 13.9. The molecule has 2 fully saturated rings. The van der Waals surface area contributed by atoms with E-state index in [0.717, 1.165) is 22.2 Å². The van der Waals surface area contributed by atoms with Gasteiger partial charge >= 0.3 is 0 Å². The third-order valence-corrected chi connectivity index (χ3v) is 9.26. The number of sulfone groups is 1. The van der Waals surface area contributed by atoms with Crippen LogP contribution in [0.5, 0.6) is 0 Å². The molecular formula is C28H37FN6O3S. The maximum Gasteiger partial charge on any atom is 0.147 e. The highest BCUT2D eigenvalue weighted by atomic mass is 32.2. The number of rotatable bonds is 7. The fraction of sp³-hybridized carbons (Fsp3) is 0.571. The van der Waals surface area contributed by atoms with Gasteiger partial charge in [0, 0.05) is 54.7 Å². The molecule has 2 N–H and O–H groups in total. The molecule has 5 atom stereocenters. The lowest BCUT2D eigenvalue weighted by atomic mass is 9.78. The Morgan fingerprint density at radius 2 is 1.95 bits per heavy atom. The Labute approximate surface area is 229 Å². The van der Waals surface area contributed by atoms with Crippen LogP contribution in [0.3, 0.4) is 0 Å². The van der Waals surface area contributed by atoms with Crippen molar-refractivity contribution in [2.24, 2.45) is 5.92 Å². The highest BCUT2D eigenvalue weighted by Gasteiger charge is 2.41. The summed E-state index contributed by atoms with van der Waals surface area (Å²) in [7, 11) is -3.05. The average molecular weight is 557 g/mol. The lowest BCUT2D eigenvalue weighted by Gasteiger charge is -2.47. The van der Waals surface area contributed by atoms with Crippen LogP contribution in [0.4, 0.5) is 21.8 Å². The number of aromatic nitrogens is 4. The van der Waals surface area contributed by atoms with Crippen molar-refractivity contribution in [3.63, 3.8) is 0 Å². The topological polar surface area (TPSA) is 121 Å². The number of aliphatic hydroxyl groups is 1. The largest absolute Gasteiger partial charge is 0.390 e. The van der Waals surface area contributed by atoms with Crippen molar-refractivity contribution in [2.45, 2.75) is 76.6 Å². The molecule has 0 unspecified atom stereocenters. The molecule has 1 aliphatic heterocycles. The first-order chi connectivity index (χ1) is 18.3. The summed E-state index contributed by atoms with van der Waals surface area (Å²) in [5.41, 5.74) is -0.570. The van der Waals surface area contributed by atoms with Gasteiger partial charge in [0.05, 0.1) is 11.9 Å². The number of hydrogen-bond donors (Lipinski definition) is 2. The molecule has 3 aromatic rings. The number of aliphatic hydroxyl groups excluding tert-OH is 1. The van der Waals surface area contributed by atoms with Crippen LogP contribution in [0.15, 0.2) is 30.7 Å². The maximum atomic E-state index is 14.8. The van der Waals surface area contributed by atoms with Gasteiger partial charge in [-0.2, -0.15) is 0 Å². The molecule has 2 aliphatic rings. The zero-order chi connectivity index (χ0) is 28.1. The lowest BCUT2D eigenvalue weighted by Crippen LogP contribution is -2.57. The van der Waals surface area contributed by atoms with Gasteiger partial charge in [0.15, 0.2) is 0 Å². The molecule has 11 heteroatoms. The third-order valence-electron chi connectivity index (χ3n) is 8.22. The minimum Gasteiger partial charge on any atom is -0.390 e. The highest BCUT2D eigenvalue weighted by molar-refractivity contribution is 7.90. The second kappa shape index (κ2) is 10.2. The zero-order valence-electron chi connectivity index (χ0n) is 23.1. The molecule has 1 saturated heterocycles. The van der Waals surface area contributed by atoms with Crippen molar-refractivity contribution in [1.29, 1.82) is 0 Å². The van der Waals surface area contributed by atoms with Crippen LogP contribution < -0.4 is 10.2 Å². The van der Waals surface area contributed by atoms with Gasteiger partial charge in [-0.15, -0.1) is 0 Å². The van der Waals surface area contributed by atoms with E-state index in [1.165, 1.54) is 13.2 Å². The van der Waals surface area contributed by atoms with Crippen LogP contribution in [0.1, 0.15) is 70.2 Å². The second-order valence-electron chi connectivity index (χ2n) is 11.7. The van der Waals surface area contributed by atoms with Gasteiger partial charge in [-0.3, -0.25) is 0 Å². The summed E-state index contributed by atoms with van der Waals surface area (Å²) in [5.74, 6) is 2.87. The number of hydrogen-bond acceptors (Lipinski definition) is 9. The molecule has 3 aromatic heterocycles. The van der Waals surface area contributed by atoms with Crippen molar-refractivity contribution in [2.75, 3.05) is 28.8 Å². The Hall–Kier alpha value is -2.92. The Kier molecular flexibility index (Phi) is 7.26. The third kappa shape index (κ3) is 5.70. The van der Waals surface area contributed by atoms with Gasteiger partial charge in [0.25, 0.3) is 0 Å². The molecule has 0 spiro atoms. The standard InChI is InChI=1S/C28H37FN6O3S/c1-16(2)21-12-32-27(35-14-19(17(35)3)15-39(5,37)38)22-13-31-25(10-20(21)22)33-24-8-9-30-26(34-24)18-6-7-23(36)28(4,29)11-18/h8-10,12-13,16-19,23,36H,6-7,11,14-15H2,1-5H3,(H,30,31,33,34)/t17-,18+,19-,23+,28-/m0/s1. The van der Waals surface area contributed by atoms with E-state index in [0.29, 0.717) is 36.8 Å². The Morgan fingerprint density at radius 3 is 2.62 bits per heavy atom. The molecule has 210 valence electrons. The van der Waals surface area contributed by atoms with Crippen molar-refractivity contribution < 1.29 is 17.9 Å². The monoisotopic (exact) mass is 556 g/mol. The predicted molar refractivity (Wildman–Crippen MR) is 151 cm³/mol. The Morgan fingerprint density at radius 1 is 1.18 bits per heavy atom. The SMILES string of the molecule is CC(C)c1cnc(N2C[C@@H](CS(C)(=O)=O)[C@@H]2C)c2cnc(Nc3ccnc([C@@H]4CC[C@@H](O)[C@@](C)(F)C4)n3)cc12. The van der Waals surface area contributed by atoms with Crippen LogP contribution >= 0.6 is 0 Å². The van der Waals surface area contributed by atoms with Crippen molar-refractivity contribution in [3.05, 3.63) is 42.1 Å². The number of alkyl halides is 1. The predicted octanol–water partition coefficient (Wildman–Crippen LogP) is 4.51. The molecule has 39 heavy (non-hydrogen) atoms. The van der Waals surface area contributed by atoms with Gasteiger partial charge in [0.1, 0.15) is 38.8 Å². The molecular weight excluding hydrogens is 519 g/mol.